The third kappa shape index (κ3) is 7.34. The number of hydrogen-bond acceptors (Lipinski definition) is 7. The molecule has 2 aromatic rings. The highest BCUT2D eigenvalue weighted by molar-refractivity contribution is 5.97. The van der Waals surface area contributed by atoms with Crippen LogP contribution >= 0.6 is 0 Å². The molecule has 182 valence electrons. The summed E-state index contributed by atoms with van der Waals surface area (Å²) in [5.74, 6) is 2.14. The molecule has 8 nitrogen and oxygen atoms in total. The number of hydrogen-bond donors (Lipinski definition) is 2. The maximum Gasteiger partial charge on any atom is 0.263 e. The van der Waals surface area contributed by atoms with Gasteiger partial charge in [-0.1, -0.05) is 12.1 Å². The maximum atomic E-state index is 12.6. The highest BCUT2D eigenvalue weighted by Crippen LogP contribution is 2.30. The Morgan fingerprint density at radius 3 is 2.32 bits per heavy atom. The fourth-order valence-electron chi connectivity index (χ4n) is 3.27. The molecule has 0 aromatic heterocycles. The van der Waals surface area contributed by atoms with Gasteiger partial charge in [0, 0.05) is 12.7 Å². The lowest BCUT2D eigenvalue weighted by Crippen LogP contribution is -2.28. The van der Waals surface area contributed by atoms with Crippen LogP contribution in [0.4, 0.5) is 0 Å². The van der Waals surface area contributed by atoms with Gasteiger partial charge < -0.3 is 29.6 Å². The molecular formula is C26H33N3O5. The first-order chi connectivity index (χ1) is 16.5. The lowest BCUT2D eigenvalue weighted by molar-refractivity contribution is -0.117. The summed E-state index contributed by atoms with van der Waals surface area (Å²) in [5.41, 5.74) is 1.88. The standard InChI is InChI=1S/C26H33N3O5/c1-6-33-23-10-8-19(14-25(23)34-7-2)12-13-28-17-21(16-27)26(30)29-18(3)20-9-11-22(31-4)24(15-20)32-5/h8-11,14-15,17-18,28H,6-7,12-13H2,1-5H3,(H,29,30)/b21-17-. The number of amides is 1. The van der Waals surface area contributed by atoms with Gasteiger partial charge in [0.05, 0.1) is 33.5 Å². The van der Waals surface area contributed by atoms with Crippen molar-refractivity contribution in [1.82, 2.24) is 10.6 Å². The van der Waals surface area contributed by atoms with Crippen LogP contribution < -0.4 is 29.6 Å². The quantitative estimate of drug-likeness (QED) is 0.262. The van der Waals surface area contributed by atoms with E-state index in [0.717, 1.165) is 11.1 Å². The SMILES string of the molecule is CCOc1ccc(CCN/C=C(/C#N)C(=O)NC(C)c2ccc(OC)c(OC)c2)cc1OCC. The Balaban J connectivity index is 1.96. The molecule has 34 heavy (non-hydrogen) atoms. The van der Waals surface area contributed by atoms with E-state index in [1.807, 2.05) is 51.1 Å². The number of benzene rings is 2. The largest absolute Gasteiger partial charge is 0.493 e. The first kappa shape index (κ1) is 26.4. The highest BCUT2D eigenvalue weighted by atomic mass is 16.5. The van der Waals surface area contributed by atoms with Gasteiger partial charge in [0.2, 0.25) is 0 Å². The van der Waals surface area contributed by atoms with Gasteiger partial charge in [-0.2, -0.15) is 5.26 Å². The van der Waals surface area contributed by atoms with Gasteiger partial charge in [-0.05, 0) is 62.6 Å². The van der Waals surface area contributed by atoms with Crippen LogP contribution in [0.15, 0.2) is 48.2 Å². The first-order valence-electron chi connectivity index (χ1n) is 11.2. The maximum absolute atomic E-state index is 12.6. The van der Waals surface area contributed by atoms with Gasteiger partial charge >= 0.3 is 0 Å². The Morgan fingerprint density at radius 1 is 1.00 bits per heavy atom. The van der Waals surface area contributed by atoms with E-state index < -0.39 is 5.91 Å². The molecule has 0 radical (unpaired) electrons. The molecule has 0 saturated carbocycles. The normalized spacial score (nSPS) is 11.7. The predicted octanol–water partition coefficient (Wildman–Crippen LogP) is 3.92. The van der Waals surface area contributed by atoms with Crippen LogP contribution in [0.1, 0.15) is 37.9 Å². The van der Waals surface area contributed by atoms with Crippen molar-refractivity contribution in [2.45, 2.75) is 33.2 Å². The molecule has 1 amide bonds. The highest BCUT2D eigenvalue weighted by Gasteiger charge is 2.15. The van der Waals surface area contributed by atoms with Crippen molar-refractivity contribution in [3.63, 3.8) is 0 Å². The minimum atomic E-state index is -0.461. The lowest BCUT2D eigenvalue weighted by atomic mass is 10.1. The lowest BCUT2D eigenvalue weighted by Gasteiger charge is -2.16. The average molecular weight is 468 g/mol. The topological polar surface area (TPSA) is 102 Å². The Morgan fingerprint density at radius 2 is 1.68 bits per heavy atom. The van der Waals surface area contributed by atoms with Crippen LogP contribution in [-0.2, 0) is 11.2 Å². The van der Waals surface area contributed by atoms with Crippen molar-refractivity contribution in [3.05, 3.63) is 59.3 Å². The summed E-state index contributed by atoms with van der Waals surface area (Å²) in [4.78, 5) is 12.6. The van der Waals surface area contributed by atoms with Crippen LogP contribution in [0.25, 0.3) is 0 Å². The van der Waals surface area contributed by atoms with Gasteiger partial charge in [-0.25, -0.2) is 0 Å². The second-order valence-electron chi connectivity index (χ2n) is 7.33. The number of nitrogens with one attached hydrogen (secondary N) is 2. The summed E-state index contributed by atoms with van der Waals surface area (Å²) in [6.45, 7) is 7.35. The van der Waals surface area contributed by atoms with Gasteiger partial charge in [0.25, 0.3) is 5.91 Å². The van der Waals surface area contributed by atoms with Crippen molar-refractivity contribution in [3.8, 4) is 29.1 Å². The average Bonchev–Trinajstić information content (AvgIpc) is 2.85. The van der Waals surface area contributed by atoms with E-state index in [1.165, 1.54) is 6.20 Å². The zero-order valence-electron chi connectivity index (χ0n) is 20.4. The number of nitriles is 1. The van der Waals surface area contributed by atoms with E-state index in [4.69, 9.17) is 18.9 Å². The molecule has 0 bridgehead atoms. The van der Waals surface area contributed by atoms with Gasteiger partial charge in [0.15, 0.2) is 23.0 Å². The Hall–Kier alpha value is -3.86. The molecule has 2 aromatic carbocycles. The van der Waals surface area contributed by atoms with Gasteiger partial charge in [-0.15, -0.1) is 0 Å². The minimum Gasteiger partial charge on any atom is -0.493 e. The summed E-state index contributed by atoms with van der Waals surface area (Å²) in [7, 11) is 3.12. The monoisotopic (exact) mass is 467 g/mol. The molecule has 0 fully saturated rings. The summed E-state index contributed by atoms with van der Waals surface area (Å²) in [6.07, 6.45) is 2.13. The summed E-state index contributed by atoms with van der Waals surface area (Å²) < 4.78 is 21.8. The Kier molecular flexibility index (Phi) is 10.6. The van der Waals surface area contributed by atoms with Crippen molar-refractivity contribution in [2.75, 3.05) is 34.0 Å². The van der Waals surface area contributed by atoms with Gasteiger partial charge in [-0.3, -0.25) is 4.79 Å². The smallest absolute Gasteiger partial charge is 0.263 e. The van der Waals surface area contributed by atoms with Crippen LogP contribution in [0.5, 0.6) is 23.0 Å². The number of carbonyl (C=O) groups excluding carboxylic acids is 1. The second kappa shape index (κ2) is 13.6. The summed E-state index contributed by atoms with van der Waals surface area (Å²) in [5, 5.41) is 15.3. The number of ether oxygens (including phenoxy) is 4. The molecule has 2 N–H and O–H groups in total. The molecule has 0 aliphatic rings. The summed E-state index contributed by atoms with van der Waals surface area (Å²) >= 11 is 0. The molecule has 0 aliphatic carbocycles. The van der Waals surface area contributed by atoms with E-state index in [0.29, 0.717) is 49.2 Å². The van der Waals surface area contributed by atoms with Crippen molar-refractivity contribution >= 4 is 5.91 Å². The number of carbonyl (C=O) groups is 1. The van der Waals surface area contributed by atoms with E-state index in [2.05, 4.69) is 10.6 Å². The molecule has 0 aliphatic heterocycles. The number of nitrogens with zero attached hydrogens (tertiary/aromatic N) is 1. The zero-order valence-corrected chi connectivity index (χ0v) is 20.4. The van der Waals surface area contributed by atoms with E-state index in [9.17, 15) is 10.1 Å². The predicted molar refractivity (Wildman–Crippen MR) is 130 cm³/mol. The molecule has 8 heteroatoms. The molecule has 0 heterocycles. The fourth-order valence-corrected chi connectivity index (χ4v) is 3.27. The van der Waals surface area contributed by atoms with Crippen molar-refractivity contribution < 1.29 is 23.7 Å². The Bertz CT molecular complexity index is 1030. The van der Waals surface area contributed by atoms with Crippen LogP contribution in [0.2, 0.25) is 0 Å². The van der Waals surface area contributed by atoms with E-state index in [-0.39, 0.29) is 11.6 Å². The molecule has 2 rings (SSSR count). The number of rotatable bonds is 13. The van der Waals surface area contributed by atoms with Crippen LogP contribution in [0, 0.1) is 11.3 Å². The fraction of sp³-hybridized carbons (Fsp3) is 0.385. The minimum absolute atomic E-state index is 0.00553. The van der Waals surface area contributed by atoms with Crippen molar-refractivity contribution in [2.24, 2.45) is 0 Å². The van der Waals surface area contributed by atoms with E-state index >= 15 is 0 Å². The molecule has 1 atom stereocenters. The van der Waals surface area contributed by atoms with Gasteiger partial charge in [0.1, 0.15) is 11.6 Å². The second-order valence-corrected chi connectivity index (χ2v) is 7.33. The molecular weight excluding hydrogens is 434 g/mol. The van der Waals surface area contributed by atoms with E-state index in [1.54, 1.807) is 26.4 Å². The third-order valence-corrected chi connectivity index (χ3v) is 5.03. The van der Waals surface area contributed by atoms with Crippen LogP contribution in [-0.4, -0.2) is 39.9 Å². The number of methoxy groups -OCH3 is 2. The molecule has 0 spiro atoms. The first-order valence-corrected chi connectivity index (χ1v) is 11.2. The van der Waals surface area contributed by atoms with Crippen LogP contribution in [0.3, 0.4) is 0 Å². The molecule has 1 unspecified atom stereocenters. The summed E-state index contributed by atoms with van der Waals surface area (Å²) in [6, 6.07) is 12.8. The Labute approximate surface area is 201 Å². The van der Waals surface area contributed by atoms with Crippen molar-refractivity contribution in [1.29, 1.82) is 5.26 Å². The zero-order chi connectivity index (χ0) is 24.9. The third-order valence-electron chi connectivity index (χ3n) is 5.03. The molecule has 0 saturated heterocycles.